The van der Waals surface area contributed by atoms with Crippen LogP contribution in [0.25, 0.3) is 0 Å². The van der Waals surface area contributed by atoms with Gasteiger partial charge in [-0.2, -0.15) is 0 Å². The Morgan fingerprint density at radius 3 is 2.04 bits per heavy atom. The van der Waals surface area contributed by atoms with Crippen molar-refractivity contribution in [3.05, 3.63) is 58.6 Å². The predicted molar refractivity (Wildman–Crippen MR) is 80.6 cm³/mol. The number of rotatable bonds is 4. The van der Waals surface area contributed by atoms with Crippen molar-refractivity contribution in [2.45, 2.75) is 6.36 Å². The van der Waals surface area contributed by atoms with E-state index in [0.717, 1.165) is 17.0 Å². The minimum atomic E-state index is -4.80. The minimum Gasteiger partial charge on any atom is -0.410 e. The van der Waals surface area contributed by atoms with Crippen molar-refractivity contribution in [3.63, 3.8) is 0 Å². The molecule has 25 heavy (non-hydrogen) atoms. The molecular weight excluding hydrogens is 345 g/mol. The van der Waals surface area contributed by atoms with Crippen LogP contribution in [0.4, 0.5) is 29.3 Å². The van der Waals surface area contributed by atoms with Crippen LogP contribution in [0.15, 0.2) is 48.5 Å². The van der Waals surface area contributed by atoms with E-state index in [-0.39, 0.29) is 17.1 Å². The van der Waals surface area contributed by atoms with E-state index in [1.54, 1.807) is 0 Å². The number of hydrogen-bond acceptors (Lipinski definition) is 5. The van der Waals surface area contributed by atoms with Crippen LogP contribution < -0.4 is 14.4 Å². The third kappa shape index (κ3) is 5.09. The van der Waals surface area contributed by atoms with Crippen LogP contribution in [0.2, 0.25) is 0 Å². The highest BCUT2D eigenvalue weighted by molar-refractivity contribution is 5.88. The van der Waals surface area contributed by atoms with Gasteiger partial charge in [0.05, 0.1) is 4.92 Å². The molecule has 10 heteroatoms. The fourth-order valence-electron chi connectivity index (χ4n) is 1.78. The molecule has 0 radical (unpaired) electrons. The van der Waals surface area contributed by atoms with Crippen LogP contribution in [-0.2, 0) is 0 Å². The number of carbonyl (C=O) groups is 1. The lowest BCUT2D eigenvalue weighted by Gasteiger charge is -2.17. The fourth-order valence-corrected chi connectivity index (χ4v) is 1.78. The molecule has 0 aromatic heterocycles. The first kappa shape index (κ1) is 18.0. The summed E-state index contributed by atoms with van der Waals surface area (Å²) in [5, 5.41) is 10.6. The quantitative estimate of drug-likeness (QED) is 0.608. The molecule has 0 atom stereocenters. The molecule has 0 aliphatic rings. The Balaban J connectivity index is 2.02. The maximum atomic E-state index is 12.1. The Morgan fingerprint density at radius 2 is 1.56 bits per heavy atom. The van der Waals surface area contributed by atoms with Crippen molar-refractivity contribution < 1.29 is 32.4 Å². The van der Waals surface area contributed by atoms with Gasteiger partial charge in [-0.25, -0.2) is 4.79 Å². The van der Waals surface area contributed by atoms with Crippen molar-refractivity contribution in [2.24, 2.45) is 0 Å². The van der Waals surface area contributed by atoms with Crippen molar-refractivity contribution in [1.82, 2.24) is 0 Å². The van der Waals surface area contributed by atoms with Crippen LogP contribution in [0.1, 0.15) is 0 Å². The zero-order valence-electron chi connectivity index (χ0n) is 12.7. The topological polar surface area (TPSA) is 81.9 Å². The molecule has 132 valence electrons. The van der Waals surface area contributed by atoms with Gasteiger partial charge in [0.15, 0.2) is 0 Å². The molecule has 2 aromatic rings. The second-order valence-electron chi connectivity index (χ2n) is 4.72. The molecule has 0 aliphatic carbocycles. The van der Waals surface area contributed by atoms with E-state index in [0.29, 0.717) is 0 Å². The third-order valence-electron chi connectivity index (χ3n) is 2.98. The molecule has 0 aliphatic heterocycles. The number of alkyl halides is 3. The number of amides is 1. The van der Waals surface area contributed by atoms with Crippen LogP contribution in [0.3, 0.4) is 0 Å². The average Bonchev–Trinajstić information content (AvgIpc) is 2.54. The first-order valence-corrected chi connectivity index (χ1v) is 6.71. The number of hydrogen-bond donors (Lipinski definition) is 0. The number of halogens is 3. The highest BCUT2D eigenvalue weighted by atomic mass is 19.4. The highest BCUT2D eigenvalue weighted by Crippen LogP contribution is 2.25. The first-order valence-electron chi connectivity index (χ1n) is 6.71. The number of benzene rings is 2. The summed E-state index contributed by atoms with van der Waals surface area (Å²) in [6.07, 6.45) is -5.62. The van der Waals surface area contributed by atoms with Gasteiger partial charge < -0.3 is 9.47 Å². The Kier molecular flexibility index (Phi) is 5.11. The molecule has 1 amide bonds. The standard InChI is InChI=1S/C15H11F3N2O5/c1-19(10-2-8-13(9-3-10)25-15(16,17)18)14(21)24-12-6-4-11(5-7-12)20(22)23/h2-9H,1H3. The second-order valence-corrected chi connectivity index (χ2v) is 4.72. The lowest BCUT2D eigenvalue weighted by atomic mass is 10.3. The van der Waals surface area contributed by atoms with Crippen molar-refractivity contribution in [2.75, 3.05) is 11.9 Å². The first-order chi connectivity index (χ1) is 11.7. The van der Waals surface area contributed by atoms with Gasteiger partial charge in [-0.3, -0.25) is 15.0 Å². The summed E-state index contributed by atoms with van der Waals surface area (Å²) in [5.74, 6) is -0.340. The van der Waals surface area contributed by atoms with Crippen LogP contribution in [-0.4, -0.2) is 24.4 Å². The van der Waals surface area contributed by atoms with Gasteiger partial charge >= 0.3 is 12.5 Å². The molecule has 0 bridgehead atoms. The van der Waals surface area contributed by atoms with Gasteiger partial charge in [0.2, 0.25) is 0 Å². The van der Waals surface area contributed by atoms with Crippen LogP contribution >= 0.6 is 0 Å². The van der Waals surface area contributed by atoms with Gasteiger partial charge in [0.25, 0.3) is 5.69 Å². The second kappa shape index (κ2) is 7.07. The molecule has 0 unspecified atom stereocenters. The Bertz CT molecular complexity index is 760. The molecule has 2 rings (SSSR count). The molecule has 0 saturated carbocycles. The van der Waals surface area contributed by atoms with E-state index in [4.69, 9.17) is 4.74 Å². The number of ether oxygens (including phenoxy) is 2. The van der Waals surface area contributed by atoms with E-state index in [1.807, 2.05) is 0 Å². The van der Waals surface area contributed by atoms with Gasteiger partial charge in [0.1, 0.15) is 11.5 Å². The van der Waals surface area contributed by atoms with Gasteiger partial charge in [-0.1, -0.05) is 0 Å². The number of carbonyl (C=O) groups excluding carboxylic acids is 1. The number of nitro groups is 1. The number of nitro benzene ring substituents is 1. The summed E-state index contributed by atoms with van der Waals surface area (Å²) in [4.78, 5) is 23.0. The normalized spacial score (nSPS) is 10.9. The minimum absolute atomic E-state index is 0.0828. The van der Waals surface area contributed by atoms with Gasteiger partial charge in [-0.15, -0.1) is 13.2 Å². The molecule has 2 aromatic carbocycles. The summed E-state index contributed by atoms with van der Waals surface area (Å²) < 4.78 is 45.1. The van der Waals surface area contributed by atoms with E-state index in [2.05, 4.69) is 4.74 Å². The zero-order valence-corrected chi connectivity index (χ0v) is 12.7. The molecule has 0 fully saturated rings. The summed E-state index contributed by atoms with van der Waals surface area (Å²) in [7, 11) is 1.35. The molecule has 0 saturated heterocycles. The molecule has 0 spiro atoms. The fraction of sp³-hybridized carbons (Fsp3) is 0.133. The van der Waals surface area contributed by atoms with E-state index < -0.39 is 23.1 Å². The van der Waals surface area contributed by atoms with Gasteiger partial charge in [-0.05, 0) is 36.4 Å². The van der Waals surface area contributed by atoms with E-state index >= 15 is 0 Å². The lowest BCUT2D eigenvalue weighted by Crippen LogP contribution is -2.29. The summed E-state index contributed by atoms with van der Waals surface area (Å²) in [6.45, 7) is 0. The van der Waals surface area contributed by atoms with Crippen LogP contribution in [0, 0.1) is 10.1 Å². The summed E-state index contributed by atoms with van der Waals surface area (Å²) in [5.41, 5.74) is 0.106. The predicted octanol–water partition coefficient (Wildman–Crippen LogP) is 4.13. The van der Waals surface area contributed by atoms with E-state index in [9.17, 15) is 28.1 Å². The van der Waals surface area contributed by atoms with Crippen molar-refractivity contribution in [1.29, 1.82) is 0 Å². The molecule has 0 N–H and O–H groups in total. The van der Waals surface area contributed by atoms with E-state index in [1.165, 1.54) is 43.4 Å². The molecule has 0 heterocycles. The highest BCUT2D eigenvalue weighted by Gasteiger charge is 2.31. The molecule has 7 nitrogen and oxygen atoms in total. The number of nitrogens with zero attached hydrogens (tertiary/aromatic N) is 2. The zero-order chi connectivity index (χ0) is 18.6. The van der Waals surface area contributed by atoms with Crippen molar-refractivity contribution in [3.8, 4) is 11.5 Å². The Labute approximate surface area is 139 Å². The molecular formula is C15H11F3N2O5. The van der Waals surface area contributed by atoms with Crippen molar-refractivity contribution >= 4 is 17.5 Å². The largest absolute Gasteiger partial charge is 0.573 e. The lowest BCUT2D eigenvalue weighted by molar-refractivity contribution is -0.384. The Hall–Kier alpha value is -3.30. The average molecular weight is 356 g/mol. The summed E-state index contributed by atoms with van der Waals surface area (Å²) in [6, 6.07) is 9.46. The summed E-state index contributed by atoms with van der Waals surface area (Å²) >= 11 is 0. The maximum Gasteiger partial charge on any atom is 0.573 e. The SMILES string of the molecule is CN(C(=O)Oc1ccc([N+](=O)[O-])cc1)c1ccc(OC(F)(F)F)cc1. The smallest absolute Gasteiger partial charge is 0.410 e. The number of anilines is 1. The van der Waals surface area contributed by atoms with Crippen LogP contribution in [0.5, 0.6) is 11.5 Å². The van der Waals surface area contributed by atoms with Gasteiger partial charge in [0, 0.05) is 24.9 Å². The maximum absolute atomic E-state index is 12.1. The Morgan fingerprint density at radius 1 is 1.04 bits per heavy atom. The third-order valence-corrected chi connectivity index (χ3v) is 2.98. The monoisotopic (exact) mass is 356 g/mol. The number of non-ortho nitro benzene ring substituents is 1.